The molecule has 0 radical (unpaired) electrons. The van der Waals surface area contributed by atoms with E-state index in [0.717, 1.165) is 25.2 Å². The molecule has 0 saturated carbocycles. The zero-order valence-electron chi connectivity index (χ0n) is 8.33. The molecule has 2 rings (SSSR count). The molecule has 1 aliphatic rings. The number of nitrogens with one attached hydrogen (secondary N) is 1. The minimum absolute atomic E-state index is 0.169. The van der Waals surface area contributed by atoms with Crippen LogP contribution in [0, 0.1) is 5.82 Å². The van der Waals surface area contributed by atoms with E-state index in [1.165, 1.54) is 12.1 Å². The van der Waals surface area contributed by atoms with Gasteiger partial charge in [-0.3, -0.25) is 0 Å². The van der Waals surface area contributed by atoms with Gasteiger partial charge in [0, 0.05) is 25.7 Å². The second-order valence-electron chi connectivity index (χ2n) is 3.82. The molecule has 1 aliphatic heterocycles. The average molecular weight is 194 g/mol. The summed E-state index contributed by atoms with van der Waals surface area (Å²) in [7, 11) is 2.11. The van der Waals surface area contributed by atoms with Crippen LogP contribution in [0.4, 0.5) is 4.39 Å². The molecule has 14 heavy (non-hydrogen) atoms. The molecule has 1 N–H and O–H groups in total. The first-order chi connectivity index (χ1) is 6.75. The predicted molar refractivity (Wildman–Crippen MR) is 54.6 cm³/mol. The van der Waals surface area contributed by atoms with Gasteiger partial charge in [0.05, 0.1) is 0 Å². The van der Waals surface area contributed by atoms with E-state index in [9.17, 15) is 4.39 Å². The van der Waals surface area contributed by atoms with Crippen LogP contribution in [-0.2, 0) is 0 Å². The van der Waals surface area contributed by atoms with Gasteiger partial charge in [-0.2, -0.15) is 0 Å². The van der Waals surface area contributed by atoms with Gasteiger partial charge in [-0.15, -0.1) is 0 Å². The first kappa shape index (κ1) is 9.62. The van der Waals surface area contributed by atoms with Crippen molar-refractivity contribution in [3.63, 3.8) is 0 Å². The summed E-state index contributed by atoms with van der Waals surface area (Å²) in [5, 5.41) is 3.42. The molecule has 0 bridgehead atoms. The maximum absolute atomic E-state index is 12.7. The lowest BCUT2D eigenvalue weighted by Crippen LogP contribution is -2.43. The summed E-state index contributed by atoms with van der Waals surface area (Å²) < 4.78 is 12.7. The van der Waals surface area contributed by atoms with E-state index < -0.39 is 0 Å². The highest BCUT2D eigenvalue weighted by Crippen LogP contribution is 2.16. The summed E-state index contributed by atoms with van der Waals surface area (Å²) in [6.45, 7) is 3.07. The molecule has 1 fully saturated rings. The second-order valence-corrected chi connectivity index (χ2v) is 3.82. The van der Waals surface area contributed by atoms with Crippen molar-refractivity contribution in [1.29, 1.82) is 0 Å². The fourth-order valence-electron chi connectivity index (χ4n) is 1.82. The van der Waals surface area contributed by atoms with Gasteiger partial charge >= 0.3 is 0 Å². The van der Waals surface area contributed by atoms with Gasteiger partial charge in [0.15, 0.2) is 0 Å². The molecular formula is C11H15FN2. The van der Waals surface area contributed by atoms with Crippen LogP contribution in [0.2, 0.25) is 0 Å². The highest BCUT2D eigenvalue weighted by molar-refractivity contribution is 5.20. The zero-order valence-corrected chi connectivity index (χ0v) is 8.33. The lowest BCUT2D eigenvalue weighted by molar-refractivity contribution is 0.241. The number of piperazine rings is 1. The standard InChI is InChI=1S/C11H15FN2/c1-14-7-6-13-11(8-14)9-2-4-10(12)5-3-9/h2-5,11,13H,6-8H2,1H3. The summed E-state index contributed by atoms with van der Waals surface area (Å²) in [5.74, 6) is -0.169. The molecule has 2 nitrogen and oxygen atoms in total. The third-order valence-electron chi connectivity index (χ3n) is 2.65. The van der Waals surface area contributed by atoms with E-state index in [1.54, 1.807) is 0 Å². The van der Waals surface area contributed by atoms with Crippen molar-refractivity contribution in [3.8, 4) is 0 Å². The van der Waals surface area contributed by atoms with Crippen LogP contribution in [0.3, 0.4) is 0 Å². The minimum Gasteiger partial charge on any atom is -0.308 e. The number of hydrogen-bond donors (Lipinski definition) is 1. The molecule has 1 heterocycles. The fraction of sp³-hybridized carbons (Fsp3) is 0.455. The number of halogens is 1. The highest BCUT2D eigenvalue weighted by atomic mass is 19.1. The Balaban J connectivity index is 2.10. The molecule has 1 aromatic rings. The molecule has 76 valence electrons. The monoisotopic (exact) mass is 194 g/mol. The lowest BCUT2D eigenvalue weighted by Gasteiger charge is -2.31. The van der Waals surface area contributed by atoms with E-state index >= 15 is 0 Å². The Bertz CT molecular complexity index is 297. The molecule has 3 heteroatoms. The molecular weight excluding hydrogens is 179 g/mol. The maximum Gasteiger partial charge on any atom is 0.123 e. The molecule has 0 aliphatic carbocycles. The Labute approximate surface area is 83.7 Å². The summed E-state index contributed by atoms with van der Waals surface area (Å²) in [5.41, 5.74) is 1.16. The number of nitrogens with zero attached hydrogens (tertiary/aromatic N) is 1. The summed E-state index contributed by atoms with van der Waals surface area (Å²) in [6, 6.07) is 7.09. The SMILES string of the molecule is CN1CCNC(c2ccc(F)cc2)C1. The third-order valence-corrected chi connectivity index (χ3v) is 2.65. The van der Waals surface area contributed by atoms with Gasteiger partial charge < -0.3 is 10.2 Å². The van der Waals surface area contributed by atoms with Gasteiger partial charge in [0.25, 0.3) is 0 Å². The van der Waals surface area contributed by atoms with Crippen LogP contribution in [0.1, 0.15) is 11.6 Å². The number of rotatable bonds is 1. The van der Waals surface area contributed by atoms with Crippen molar-refractivity contribution >= 4 is 0 Å². The number of hydrogen-bond acceptors (Lipinski definition) is 2. The van der Waals surface area contributed by atoms with Crippen molar-refractivity contribution in [2.45, 2.75) is 6.04 Å². The molecule has 1 atom stereocenters. The van der Waals surface area contributed by atoms with Gasteiger partial charge in [-0.1, -0.05) is 12.1 Å². The summed E-state index contributed by atoms with van der Waals surface area (Å²) >= 11 is 0. The average Bonchev–Trinajstić information content (AvgIpc) is 2.19. The van der Waals surface area contributed by atoms with Gasteiger partial charge in [-0.05, 0) is 24.7 Å². The molecule has 0 aromatic heterocycles. The van der Waals surface area contributed by atoms with Crippen molar-refractivity contribution < 1.29 is 4.39 Å². The zero-order chi connectivity index (χ0) is 9.97. The first-order valence-electron chi connectivity index (χ1n) is 4.93. The van der Waals surface area contributed by atoms with E-state index in [0.29, 0.717) is 6.04 Å². The van der Waals surface area contributed by atoms with Gasteiger partial charge in [0.1, 0.15) is 5.82 Å². The summed E-state index contributed by atoms with van der Waals surface area (Å²) in [6.07, 6.45) is 0. The molecule has 0 spiro atoms. The Morgan fingerprint density at radius 3 is 2.71 bits per heavy atom. The number of likely N-dealkylation sites (N-methyl/N-ethyl adjacent to an activating group) is 1. The van der Waals surface area contributed by atoms with Crippen molar-refractivity contribution in [3.05, 3.63) is 35.6 Å². The fourth-order valence-corrected chi connectivity index (χ4v) is 1.82. The van der Waals surface area contributed by atoms with Gasteiger partial charge in [-0.25, -0.2) is 4.39 Å². The quantitative estimate of drug-likeness (QED) is 0.727. The van der Waals surface area contributed by atoms with Crippen LogP contribution in [0.15, 0.2) is 24.3 Å². The van der Waals surface area contributed by atoms with Crippen molar-refractivity contribution in [2.24, 2.45) is 0 Å². The third kappa shape index (κ3) is 2.11. The Morgan fingerprint density at radius 1 is 1.36 bits per heavy atom. The smallest absolute Gasteiger partial charge is 0.123 e. The van der Waals surface area contributed by atoms with E-state index in [-0.39, 0.29) is 5.82 Å². The molecule has 0 amide bonds. The highest BCUT2D eigenvalue weighted by Gasteiger charge is 2.17. The van der Waals surface area contributed by atoms with Crippen molar-refractivity contribution in [2.75, 3.05) is 26.7 Å². The first-order valence-corrected chi connectivity index (χ1v) is 4.93. The summed E-state index contributed by atoms with van der Waals surface area (Å²) in [4.78, 5) is 2.28. The molecule has 1 saturated heterocycles. The minimum atomic E-state index is -0.169. The van der Waals surface area contributed by atoms with Crippen LogP contribution in [0.25, 0.3) is 0 Å². The topological polar surface area (TPSA) is 15.3 Å². The molecule has 1 aromatic carbocycles. The normalized spacial score (nSPS) is 23.7. The Hall–Kier alpha value is -0.930. The van der Waals surface area contributed by atoms with Crippen LogP contribution in [-0.4, -0.2) is 31.6 Å². The van der Waals surface area contributed by atoms with Gasteiger partial charge in [0.2, 0.25) is 0 Å². The second kappa shape index (κ2) is 4.07. The van der Waals surface area contributed by atoms with E-state index in [4.69, 9.17) is 0 Å². The van der Waals surface area contributed by atoms with Crippen molar-refractivity contribution in [1.82, 2.24) is 10.2 Å². The lowest BCUT2D eigenvalue weighted by atomic mass is 10.1. The maximum atomic E-state index is 12.7. The predicted octanol–water partition coefficient (Wildman–Crippen LogP) is 1.40. The van der Waals surface area contributed by atoms with Crippen LogP contribution < -0.4 is 5.32 Å². The van der Waals surface area contributed by atoms with E-state index in [2.05, 4.69) is 17.3 Å². The number of benzene rings is 1. The van der Waals surface area contributed by atoms with Crippen LogP contribution in [0.5, 0.6) is 0 Å². The largest absolute Gasteiger partial charge is 0.308 e. The van der Waals surface area contributed by atoms with E-state index in [1.807, 2.05) is 12.1 Å². The van der Waals surface area contributed by atoms with Crippen LogP contribution >= 0.6 is 0 Å². The Kier molecular flexibility index (Phi) is 2.79. The molecule has 1 unspecified atom stereocenters. The Morgan fingerprint density at radius 2 is 2.07 bits per heavy atom.